The van der Waals surface area contributed by atoms with Crippen LogP contribution in [0.25, 0.3) is 0 Å². The summed E-state index contributed by atoms with van der Waals surface area (Å²) in [4.78, 5) is 16.2. The maximum atomic E-state index is 12.3. The normalized spacial score (nSPS) is 10.2. The first-order valence-electron chi connectivity index (χ1n) is 8.05. The largest absolute Gasteiger partial charge is 0.369 e. The predicted molar refractivity (Wildman–Crippen MR) is 96.9 cm³/mol. The average Bonchev–Trinajstić information content (AvgIpc) is 2.57. The lowest BCUT2D eigenvalue weighted by molar-refractivity contribution is 0.217. The smallest absolute Gasteiger partial charge is 0.321 e. The molecule has 0 unspecified atom stereocenters. The maximum absolute atomic E-state index is 12.3. The van der Waals surface area contributed by atoms with Gasteiger partial charge >= 0.3 is 6.03 Å². The first-order valence-corrected chi connectivity index (χ1v) is 8.05. The Labute approximate surface area is 138 Å². The van der Waals surface area contributed by atoms with Crippen LogP contribution >= 0.6 is 0 Å². The fourth-order valence-corrected chi connectivity index (χ4v) is 2.56. The van der Waals surface area contributed by atoms with Crippen LogP contribution in [0.15, 0.2) is 54.6 Å². The molecule has 2 aromatic carbocycles. The zero-order valence-corrected chi connectivity index (χ0v) is 14.1. The van der Waals surface area contributed by atoms with E-state index in [2.05, 4.69) is 22.3 Å². The quantitative estimate of drug-likeness (QED) is 0.868. The lowest BCUT2D eigenvalue weighted by Crippen LogP contribution is -2.35. The minimum absolute atomic E-state index is 0.0597. The third kappa shape index (κ3) is 4.49. The maximum Gasteiger partial charge on any atom is 0.321 e. The van der Waals surface area contributed by atoms with Gasteiger partial charge in [0.05, 0.1) is 11.4 Å². The van der Waals surface area contributed by atoms with Gasteiger partial charge in [-0.15, -0.1) is 0 Å². The molecule has 23 heavy (non-hydrogen) atoms. The number of carbonyl (C=O) groups is 1. The Morgan fingerprint density at radius 3 is 2.22 bits per heavy atom. The standard InChI is InChI=1S/C19H25N3O/c1-4-22(5-2)19(23)20-17-13-9-10-14-18(17)21(3)15-16-11-7-6-8-12-16/h6-14H,4-5,15H2,1-3H3,(H,20,23). The van der Waals surface area contributed by atoms with Crippen molar-refractivity contribution < 1.29 is 4.79 Å². The molecule has 0 heterocycles. The molecule has 122 valence electrons. The van der Waals surface area contributed by atoms with E-state index in [9.17, 15) is 4.79 Å². The molecule has 0 spiro atoms. The van der Waals surface area contributed by atoms with Gasteiger partial charge in [-0.05, 0) is 31.5 Å². The highest BCUT2D eigenvalue weighted by Crippen LogP contribution is 2.26. The molecule has 2 aromatic rings. The Morgan fingerprint density at radius 1 is 0.957 bits per heavy atom. The van der Waals surface area contributed by atoms with E-state index < -0.39 is 0 Å². The molecule has 0 aliphatic heterocycles. The number of urea groups is 1. The molecule has 0 saturated heterocycles. The van der Waals surface area contributed by atoms with Gasteiger partial charge in [0.2, 0.25) is 0 Å². The van der Waals surface area contributed by atoms with E-state index in [4.69, 9.17) is 0 Å². The molecule has 2 amide bonds. The van der Waals surface area contributed by atoms with Crippen molar-refractivity contribution in [3.8, 4) is 0 Å². The summed E-state index contributed by atoms with van der Waals surface area (Å²) in [6.07, 6.45) is 0. The molecule has 0 saturated carbocycles. The lowest BCUT2D eigenvalue weighted by atomic mass is 10.2. The van der Waals surface area contributed by atoms with E-state index in [0.29, 0.717) is 13.1 Å². The first kappa shape index (κ1) is 16.9. The second-order valence-corrected chi connectivity index (χ2v) is 5.46. The highest BCUT2D eigenvalue weighted by Gasteiger charge is 2.13. The number of hydrogen-bond donors (Lipinski definition) is 1. The van der Waals surface area contributed by atoms with Crippen LogP contribution in [0.1, 0.15) is 19.4 Å². The number of anilines is 2. The van der Waals surface area contributed by atoms with Gasteiger partial charge in [-0.2, -0.15) is 0 Å². The number of carbonyl (C=O) groups excluding carboxylic acids is 1. The highest BCUT2D eigenvalue weighted by molar-refractivity contribution is 5.93. The monoisotopic (exact) mass is 311 g/mol. The summed E-state index contributed by atoms with van der Waals surface area (Å²) in [6, 6.07) is 18.1. The van der Waals surface area contributed by atoms with Gasteiger partial charge in [0.25, 0.3) is 0 Å². The molecule has 4 nitrogen and oxygen atoms in total. The molecule has 0 aromatic heterocycles. The Hall–Kier alpha value is -2.49. The predicted octanol–water partition coefficient (Wildman–Crippen LogP) is 4.20. The van der Waals surface area contributed by atoms with Crippen molar-refractivity contribution in [1.82, 2.24) is 4.90 Å². The van der Waals surface area contributed by atoms with Crippen molar-refractivity contribution in [3.05, 3.63) is 60.2 Å². The van der Waals surface area contributed by atoms with Crippen LogP contribution in [0.2, 0.25) is 0 Å². The van der Waals surface area contributed by atoms with E-state index in [0.717, 1.165) is 17.9 Å². The molecule has 0 bridgehead atoms. The second kappa shape index (κ2) is 8.22. The Morgan fingerprint density at radius 2 is 1.57 bits per heavy atom. The highest BCUT2D eigenvalue weighted by atomic mass is 16.2. The van der Waals surface area contributed by atoms with Crippen molar-refractivity contribution >= 4 is 17.4 Å². The van der Waals surface area contributed by atoms with Crippen LogP contribution in [0, 0.1) is 0 Å². The summed E-state index contributed by atoms with van der Waals surface area (Å²) >= 11 is 0. The van der Waals surface area contributed by atoms with E-state index in [1.165, 1.54) is 5.56 Å². The van der Waals surface area contributed by atoms with Crippen molar-refractivity contribution in [1.29, 1.82) is 0 Å². The summed E-state index contributed by atoms with van der Waals surface area (Å²) < 4.78 is 0. The van der Waals surface area contributed by atoms with Gasteiger partial charge in [0.1, 0.15) is 0 Å². The summed E-state index contributed by atoms with van der Waals surface area (Å²) in [5, 5.41) is 3.02. The summed E-state index contributed by atoms with van der Waals surface area (Å²) in [5.41, 5.74) is 3.08. The first-order chi connectivity index (χ1) is 11.2. The van der Waals surface area contributed by atoms with Crippen LogP contribution in [0.5, 0.6) is 0 Å². The van der Waals surface area contributed by atoms with Crippen LogP contribution < -0.4 is 10.2 Å². The number of benzene rings is 2. The fourth-order valence-electron chi connectivity index (χ4n) is 2.56. The van der Waals surface area contributed by atoms with E-state index in [1.807, 2.05) is 63.4 Å². The molecule has 0 aliphatic carbocycles. The van der Waals surface area contributed by atoms with E-state index >= 15 is 0 Å². The summed E-state index contributed by atoms with van der Waals surface area (Å²) in [6.45, 7) is 6.15. The van der Waals surface area contributed by atoms with Gasteiger partial charge in [-0.1, -0.05) is 42.5 Å². The van der Waals surface area contributed by atoms with Gasteiger partial charge in [0, 0.05) is 26.7 Å². The molecule has 1 N–H and O–H groups in total. The van der Waals surface area contributed by atoms with Crippen LogP contribution in [-0.4, -0.2) is 31.1 Å². The minimum atomic E-state index is -0.0597. The van der Waals surface area contributed by atoms with Crippen LogP contribution in [0.4, 0.5) is 16.2 Å². The molecular weight excluding hydrogens is 286 g/mol. The fraction of sp³-hybridized carbons (Fsp3) is 0.316. The van der Waals surface area contributed by atoms with Gasteiger partial charge < -0.3 is 15.1 Å². The van der Waals surface area contributed by atoms with E-state index in [1.54, 1.807) is 4.90 Å². The SMILES string of the molecule is CCN(CC)C(=O)Nc1ccccc1N(C)Cc1ccccc1. The van der Waals surface area contributed by atoms with E-state index in [-0.39, 0.29) is 6.03 Å². The zero-order chi connectivity index (χ0) is 16.7. The summed E-state index contributed by atoms with van der Waals surface area (Å²) in [7, 11) is 2.04. The number of hydrogen-bond acceptors (Lipinski definition) is 2. The molecule has 2 rings (SSSR count). The second-order valence-electron chi connectivity index (χ2n) is 5.46. The molecule has 0 radical (unpaired) electrons. The molecule has 0 atom stereocenters. The number of amides is 2. The van der Waals surface area contributed by atoms with Gasteiger partial charge in [0.15, 0.2) is 0 Å². The Balaban J connectivity index is 2.15. The van der Waals surface area contributed by atoms with Crippen LogP contribution in [-0.2, 0) is 6.54 Å². The topological polar surface area (TPSA) is 35.6 Å². The van der Waals surface area contributed by atoms with Crippen LogP contribution in [0.3, 0.4) is 0 Å². The number of nitrogens with one attached hydrogen (secondary N) is 1. The van der Waals surface area contributed by atoms with Gasteiger partial charge in [-0.3, -0.25) is 0 Å². The van der Waals surface area contributed by atoms with Crippen molar-refractivity contribution in [2.24, 2.45) is 0 Å². The molecule has 0 fully saturated rings. The zero-order valence-electron chi connectivity index (χ0n) is 14.1. The summed E-state index contributed by atoms with van der Waals surface area (Å²) in [5.74, 6) is 0. The van der Waals surface area contributed by atoms with Crippen molar-refractivity contribution in [3.63, 3.8) is 0 Å². The molecule has 4 heteroatoms. The third-order valence-electron chi connectivity index (χ3n) is 3.87. The van der Waals surface area contributed by atoms with Crippen molar-refractivity contribution in [2.75, 3.05) is 30.4 Å². The average molecular weight is 311 g/mol. The number of para-hydroxylation sites is 2. The Kier molecular flexibility index (Phi) is 6.03. The minimum Gasteiger partial charge on any atom is -0.369 e. The van der Waals surface area contributed by atoms with Gasteiger partial charge in [-0.25, -0.2) is 4.79 Å². The lowest BCUT2D eigenvalue weighted by Gasteiger charge is -2.25. The third-order valence-corrected chi connectivity index (χ3v) is 3.87. The molecule has 0 aliphatic rings. The van der Waals surface area contributed by atoms with Crippen molar-refractivity contribution in [2.45, 2.75) is 20.4 Å². The molecular formula is C19H25N3O. The number of rotatable bonds is 6. The number of nitrogens with zero attached hydrogens (tertiary/aromatic N) is 2. The Bertz CT molecular complexity index is 624.